The van der Waals surface area contributed by atoms with Crippen molar-refractivity contribution in [3.05, 3.63) is 29.0 Å². The van der Waals surface area contributed by atoms with Crippen LogP contribution in [0.25, 0.3) is 11.0 Å². The lowest BCUT2D eigenvalue weighted by molar-refractivity contribution is 0.482. The fourth-order valence-electron chi connectivity index (χ4n) is 2.88. The molecule has 0 bridgehead atoms. The van der Waals surface area contributed by atoms with Gasteiger partial charge in [-0.2, -0.15) is 0 Å². The summed E-state index contributed by atoms with van der Waals surface area (Å²) in [4.78, 5) is 4.85. The van der Waals surface area contributed by atoms with Crippen LogP contribution in [-0.2, 0) is 0 Å². The third kappa shape index (κ3) is 2.26. The molecule has 1 aliphatic heterocycles. The number of fused-ring (bicyclic) bond motifs is 1. The van der Waals surface area contributed by atoms with Gasteiger partial charge in [0.15, 0.2) is 0 Å². The first-order chi connectivity index (χ1) is 9.20. The zero-order valence-corrected chi connectivity index (χ0v) is 12.2. The first-order valence-corrected chi connectivity index (χ1v) is 7.49. The molecule has 1 aromatic carbocycles. The predicted octanol–water partition coefficient (Wildman–Crippen LogP) is 4.09. The van der Waals surface area contributed by atoms with Crippen LogP contribution in [0.2, 0.25) is 5.02 Å². The largest absolute Gasteiger partial charge is 0.324 e. The molecule has 0 aliphatic carbocycles. The van der Waals surface area contributed by atoms with Gasteiger partial charge < -0.3 is 9.88 Å². The van der Waals surface area contributed by atoms with Crippen molar-refractivity contribution in [3.63, 3.8) is 0 Å². The molecule has 1 fully saturated rings. The smallest absolute Gasteiger partial charge is 0.127 e. The van der Waals surface area contributed by atoms with Crippen molar-refractivity contribution in [2.75, 3.05) is 6.54 Å². The van der Waals surface area contributed by atoms with Gasteiger partial charge in [0.25, 0.3) is 0 Å². The lowest BCUT2D eigenvalue weighted by atomic mass is 10.2. The summed E-state index contributed by atoms with van der Waals surface area (Å²) in [6, 6.07) is 6.81. The number of aromatic nitrogens is 2. The minimum absolute atomic E-state index is 0.389. The van der Waals surface area contributed by atoms with E-state index in [9.17, 15) is 0 Å². The van der Waals surface area contributed by atoms with Gasteiger partial charge >= 0.3 is 0 Å². The van der Waals surface area contributed by atoms with E-state index in [1.807, 2.05) is 18.2 Å². The lowest BCUT2D eigenvalue weighted by Gasteiger charge is -2.19. The predicted molar refractivity (Wildman–Crippen MR) is 79.7 cm³/mol. The molecule has 102 valence electrons. The quantitative estimate of drug-likeness (QED) is 0.916. The van der Waals surface area contributed by atoms with Crippen molar-refractivity contribution >= 4 is 22.6 Å². The summed E-state index contributed by atoms with van der Waals surface area (Å²) >= 11 is 6.15. The Labute approximate surface area is 119 Å². The van der Waals surface area contributed by atoms with Crippen molar-refractivity contribution in [2.45, 2.75) is 45.2 Å². The van der Waals surface area contributed by atoms with Crippen molar-refractivity contribution < 1.29 is 0 Å². The van der Waals surface area contributed by atoms with Gasteiger partial charge in [-0.15, -0.1) is 0 Å². The molecule has 1 N–H and O–H groups in total. The van der Waals surface area contributed by atoms with Crippen LogP contribution in [0, 0.1) is 0 Å². The maximum Gasteiger partial charge on any atom is 0.127 e. The van der Waals surface area contributed by atoms with Crippen LogP contribution < -0.4 is 5.32 Å². The molecule has 2 aromatic rings. The summed E-state index contributed by atoms with van der Waals surface area (Å²) in [6.07, 6.45) is 3.50. The molecule has 3 nitrogen and oxygen atoms in total. The molecule has 0 spiro atoms. The second kappa shape index (κ2) is 5.14. The van der Waals surface area contributed by atoms with Crippen molar-refractivity contribution in [1.82, 2.24) is 14.9 Å². The fraction of sp³-hybridized carbons (Fsp3) is 0.533. The van der Waals surface area contributed by atoms with Gasteiger partial charge in [-0.1, -0.05) is 18.5 Å². The van der Waals surface area contributed by atoms with E-state index >= 15 is 0 Å². The summed E-state index contributed by atoms with van der Waals surface area (Å²) < 4.78 is 2.37. The highest BCUT2D eigenvalue weighted by Crippen LogP contribution is 2.31. The number of benzene rings is 1. The normalized spacial score (nSPS) is 21.1. The van der Waals surface area contributed by atoms with Crippen molar-refractivity contribution in [1.29, 1.82) is 0 Å². The molecule has 4 heteroatoms. The average molecular weight is 278 g/mol. The molecule has 1 aromatic heterocycles. The molecule has 3 rings (SSSR count). The van der Waals surface area contributed by atoms with Crippen LogP contribution in [0.4, 0.5) is 0 Å². The summed E-state index contributed by atoms with van der Waals surface area (Å²) in [5.41, 5.74) is 2.21. The first kappa shape index (κ1) is 12.9. The number of halogens is 1. The molecule has 0 saturated carbocycles. The molecular weight excluding hydrogens is 258 g/mol. The Bertz CT molecular complexity index is 584. The van der Waals surface area contributed by atoms with E-state index in [-0.39, 0.29) is 0 Å². The Morgan fingerprint density at radius 1 is 1.53 bits per heavy atom. The minimum Gasteiger partial charge on any atom is -0.324 e. The molecule has 0 amide bonds. The Morgan fingerprint density at radius 3 is 3.05 bits per heavy atom. The summed E-state index contributed by atoms with van der Waals surface area (Å²) in [7, 11) is 0. The molecular formula is C15H20ClN3. The lowest BCUT2D eigenvalue weighted by Crippen LogP contribution is -2.19. The molecule has 19 heavy (non-hydrogen) atoms. The van der Waals surface area contributed by atoms with Crippen LogP contribution >= 0.6 is 11.6 Å². The number of hydrogen-bond donors (Lipinski definition) is 1. The number of nitrogens with one attached hydrogen (secondary N) is 1. The topological polar surface area (TPSA) is 29.9 Å². The van der Waals surface area contributed by atoms with Crippen LogP contribution in [0.15, 0.2) is 18.2 Å². The Balaban J connectivity index is 2.18. The van der Waals surface area contributed by atoms with E-state index in [4.69, 9.17) is 16.6 Å². The standard InChI is InChI=1S/C15H20ClN3/c1-3-10(2)19-14-9-11(16)6-7-12(14)18-15(19)13-5-4-8-17-13/h6-7,9-10,13,17H,3-5,8H2,1-2H3. The molecule has 0 radical (unpaired) electrons. The maximum absolute atomic E-state index is 6.15. The van der Waals surface area contributed by atoms with Gasteiger partial charge in [0.1, 0.15) is 5.82 Å². The highest BCUT2D eigenvalue weighted by molar-refractivity contribution is 6.31. The fourth-order valence-corrected chi connectivity index (χ4v) is 3.05. The van der Waals surface area contributed by atoms with E-state index in [2.05, 4.69) is 23.7 Å². The van der Waals surface area contributed by atoms with Gasteiger partial charge in [0.2, 0.25) is 0 Å². The Hall–Kier alpha value is -1.06. The highest BCUT2D eigenvalue weighted by Gasteiger charge is 2.24. The van der Waals surface area contributed by atoms with Gasteiger partial charge in [0, 0.05) is 11.1 Å². The van der Waals surface area contributed by atoms with Crippen LogP contribution in [0.1, 0.15) is 51.0 Å². The van der Waals surface area contributed by atoms with Gasteiger partial charge in [-0.25, -0.2) is 4.98 Å². The van der Waals surface area contributed by atoms with Gasteiger partial charge in [-0.3, -0.25) is 0 Å². The number of nitrogens with zero attached hydrogens (tertiary/aromatic N) is 2. The molecule has 1 aliphatic rings. The second-order valence-electron chi connectivity index (χ2n) is 5.38. The molecule has 1 saturated heterocycles. The zero-order chi connectivity index (χ0) is 13.4. The number of rotatable bonds is 3. The summed E-state index contributed by atoms with van der Waals surface area (Å²) in [6.45, 7) is 5.56. The van der Waals surface area contributed by atoms with E-state index in [0.717, 1.165) is 29.0 Å². The molecule has 2 unspecified atom stereocenters. The SMILES string of the molecule is CCC(C)n1c(C2CCCN2)nc2ccc(Cl)cc21. The van der Waals surface area contributed by atoms with E-state index in [1.165, 1.54) is 18.7 Å². The zero-order valence-electron chi connectivity index (χ0n) is 11.5. The minimum atomic E-state index is 0.389. The maximum atomic E-state index is 6.15. The Kier molecular flexibility index (Phi) is 3.50. The monoisotopic (exact) mass is 277 g/mol. The molecule has 2 atom stereocenters. The van der Waals surface area contributed by atoms with Crippen LogP contribution in [0.3, 0.4) is 0 Å². The number of hydrogen-bond acceptors (Lipinski definition) is 2. The van der Waals surface area contributed by atoms with Gasteiger partial charge in [0.05, 0.1) is 17.1 Å². The average Bonchev–Trinajstić information content (AvgIpc) is 3.03. The third-order valence-corrected chi connectivity index (χ3v) is 4.32. The Morgan fingerprint density at radius 2 is 2.37 bits per heavy atom. The van der Waals surface area contributed by atoms with Crippen LogP contribution in [-0.4, -0.2) is 16.1 Å². The highest BCUT2D eigenvalue weighted by atomic mass is 35.5. The summed E-state index contributed by atoms with van der Waals surface area (Å²) in [5.74, 6) is 1.17. The van der Waals surface area contributed by atoms with Crippen LogP contribution in [0.5, 0.6) is 0 Å². The van der Waals surface area contributed by atoms with Gasteiger partial charge in [-0.05, 0) is 50.9 Å². The van der Waals surface area contributed by atoms with E-state index in [1.54, 1.807) is 0 Å². The van der Waals surface area contributed by atoms with E-state index in [0.29, 0.717) is 12.1 Å². The first-order valence-electron chi connectivity index (χ1n) is 7.11. The number of imidazole rings is 1. The third-order valence-electron chi connectivity index (χ3n) is 4.08. The van der Waals surface area contributed by atoms with Crippen molar-refractivity contribution in [2.24, 2.45) is 0 Å². The summed E-state index contributed by atoms with van der Waals surface area (Å²) in [5, 5.41) is 4.33. The molecule has 2 heterocycles. The van der Waals surface area contributed by atoms with Crippen molar-refractivity contribution in [3.8, 4) is 0 Å². The van der Waals surface area contributed by atoms with E-state index < -0.39 is 0 Å². The second-order valence-corrected chi connectivity index (χ2v) is 5.82.